The van der Waals surface area contributed by atoms with Gasteiger partial charge in [-0.3, -0.25) is 4.79 Å². The summed E-state index contributed by atoms with van der Waals surface area (Å²) in [5.74, 6) is -0.803. The predicted octanol–water partition coefficient (Wildman–Crippen LogP) is 2.35. The van der Waals surface area contributed by atoms with E-state index in [4.69, 9.17) is 5.11 Å². The van der Waals surface area contributed by atoms with E-state index < -0.39 is 5.97 Å². The van der Waals surface area contributed by atoms with Crippen LogP contribution in [0.2, 0.25) is 0 Å². The van der Waals surface area contributed by atoms with Gasteiger partial charge in [0.1, 0.15) is 0 Å². The lowest BCUT2D eigenvalue weighted by Crippen LogP contribution is -2.38. The minimum absolute atomic E-state index is 0.0570. The van der Waals surface area contributed by atoms with Crippen molar-refractivity contribution in [3.8, 4) is 0 Å². The lowest BCUT2D eigenvalue weighted by atomic mass is 9.74. The second-order valence-electron chi connectivity index (χ2n) is 6.21. The van der Waals surface area contributed by atoms with E-state index in [0.29, 0.717) is 0 Å². The zero-order chi connectivity index (χ0) is 15.1. The maximum absolute atomic E-state index is 10.6. The quantitative estimate of drug-likeness (QED) is 0.721. The van der Waals surface area contributed by atoms with Crippen LogP contribution in [0.25, 0.3) is 0 Å². The van der Waals surface area contributed by atoms with Crippen LogP contribution in [0.1, 0.15) is 43.2 Å². The van der Waals surface area contributed by atoms with Crippen LogP contribution in [0.4, 0.5) is 0 Å². The Morgan fingerprint density at radius 2 is 1.71 bits per heavy atom. The van der Waals surface area contributed by atoms with Crippen molar-refractivity contribution in [2.45, 2.75) is 45.1 Å². The Kier molecular flexibility index (Phi) is 5.76. The third-order valence-electron chi connectivity index (χ3n) is 4.46. The number of carbonyl (C=O) groups is 1. The molecule has 116 valence electrons. The van der Waals surface area contributed by atoms with Crippen LogP contribution in [-0.4, -0.2) is 29.3 Å². The first-order valence-electron chi connectivity index (χ1n) is 7.75. The molecular formula is C17H25NO3. The van der Waals surface area contributed by atoms with E-state index >= 15 is 0 Å². The Labute approximate surface area is 126 Å². The second-order valence-corrected chi connectivity index (χ2v) is 6.21. The maximum atomic E-state index is 10.6. The molecule has 0 atom stereocenters. The van der Waals surface area contributed by atoms with Crippen molar-refractivity contribution in [1.29, 1.82) is 0 Å². The Morgan fingerprint density at radius 1 is 1.10 bits per heavy atom. The van der Waals surface area contributed by atoms with Gasteiger partial charge in [0.15, 0.2) is 0 Å². The van der Waals surface area contributed by atoms with Gasteiger partial charge in [0, 0.05) is 25.1 Å². The minimum atomic E-state index is -0.803. The SMILES string of the molecule is O=C(O)Cc1ccc(CNCC2(CO)CCCCC2)cc1. The van der Waals surface area contributed by atoms with Crippen LogP contribution in [0.3, 0.4) is 0 Å². The van der Waals surface area contributed by atoms with Crippen LogP contribution in [0.15, 0.2) is 24.3 Å². The summed E-state index contributed by atoms with van der Waals surface area (Å²) in [6, 6.07) is 7.68. The van der Waals surface area contributed by atoms with Crippen molar-refractivity contribution < 1.29 is 15.0 Å². The van der Waals surface area contributed by atoms with E-state index in [0.717, 1.165) is 37.1 Å². The van der Waals surface area contributed by atoms with Gasteiger partial charge in [0.2, 0.25) is 0 Å². The highest BCUT2D eigenvalue weighted by molar-refractivity contribution is 5.70. The van der Waals surface area contributed by atoms with Crippen LogP contribution >= 0.6 is 0 Å². The third kappa shape index (κ3) is 4.83. The number of aliphatic hydroxyl groups is 1. The third-order valence-corrected chi connectivity index (χ3v) is 4.46. The molecule has 0 heterocycles. The number of aliphatic carboxylic acids is 1. The Balaban J connectivity index is 1.81. The molecule has 2 rings (SSSR count). The van der Waals surface area contributed by atoms with Crippen LogP contribution < -0.4 is 5.32 Å². The number of carboxylic acid groups (broad SMARTS) is 1. The van der Waals surface area contributed by atoms with Gasteiger partial charge in [-0.2, -0.15) is 0 Å². The molecule has 4 nitrogen and oxygen atoms in total. The molecule has 1 aromatic carbocycles. The normalized spacial score (nSPS) is 17.6. The fourth-order valence-electron chi connectivity index (χ4n) is 3.11. The Morgan fingerprint density at radius 3 is 2.29 bits per heavy atom. The van der Waals surface area contributed by atoms with Crippen LogP contribution in [-0.2, 0) is 17.8 Å². The average molecular weight is 291 g/mol. The maximum Gasteiger partial charge on any atom is 0.307 e. The van der Waals surface area contributed by atoms with Crippen LogP contribution in [0.5, 0.6) is 0 Å². The van der Waals surface area contributed by atoms with E-state index in [-0.39, 0.29) is 18.4 Å². The minimum Gasteiger partial charge on any atom is -0.481 e. The van der Waals surface area contributed by atoms with Crippen molar-refractivity contribution in [3.05, 3.63) is 35.4 Å². The topological polar surface area (TPSA) is 69.6 Å². The molecule has 0 bridgehead atoms. The highest BCUT2D eigenvalue weighted by Gasteiger charge is 2.30. The number of rotatable bonds is 7. The Bertz CT molecular complexity index is 450. The van der Waals surface area contributed by atoms with Crippen molar-refractivity contribution in [2.24, 2.45) is 5.41 Å². The molecule has 21 heavy (non-hydrogen) atoms. The van der Waals surface area contributed by atoms with Gasteiger partial charge in [-0.05, 0) is 24.0 Å². The summed E-state index contributed by atoms with van der Waals surface area (Å²) in [6.45, 7) is 1.87. The molecule has 0 radical (unpaired) electrons. The standard InChI is InChI=1S/C17H25NO3/c19-13-17(8-2-1-3-9-17)12-18-11-15-6-4-14(5-7-15)10-16(20)21/h4-7,18-19H,1-3,8-13H2,(H,20,21). The second kappa shape index (κ2) is 7.57. The highest BCUT2D eigenvalue weighted by Crippen LogP contribution is 2.35. The van der Waals surface area contributed by atoms with E-state index in [1.165, 1.54) is 19.3 Å². The first-order chi connectivity index (χ1) is 10.1. The number of hydrogen-bond donors (Lipinski definition) is 3. The molecule has 0 amide bonds. The van der Waals surface area contributed by atoms with Crippen molar-refractivity contribution in [1.82, 2.24) is 5.32 Å². The zero-order valence-corrected chi connectivity index (χ0v) is 12.5. The molecule has 0 spiro atoms. The highest BCUT2D eigenvalue weighted by atomic mass is 16.4. The van der Waals surface area contributed by atoms with Gasteiger partial charge in [0.05, 0.1) is 6.42 Å². The summed E-state index contributed by atoms with van der Waals surface area (Å²) in [7, 11) is 0. The van der Waals surface area contributed by atoms with Gasteiger partial charge in [-0.15, -0.1) is 0 Å². The molecule has 0 aliphatic heterocycles. The molecule has 0 unspecified atom stereocenters. The largest absolute Gasteiger partial charge is 0.481 e. The lowest BCUT2D eigenvalue weighted by molar-refractivity contribution is -0.136. The smallest absolute Gasteiger partial charge is 0.307 e. The first-order valence-corrected chi connectivity index (χ1v) is 7.75. The summed E-state index contributed by atoms with van der Waals surface area (Å²) in [4.78, 5) is 10.6. The number of carboxylic acids is 1. The lowest BCUT2D eigenvalue weighted by Gasteiger charge is -2.35. The molecule has 1 aromatic rings. The van der Waals surface area contributed by atoms with Crippen molar-refractivity contribution in [3.63, 3.8) is 0 Å². The summed E-state index contributed by atoms with van der Waals surface area (Å²) >= 11 is 0. The number of nitrogens with one attached hydrogen (secondary N) is 1. The van der Waals surface area contributed by atoms with Crippen molar-refractivity contribution in [2.75, 3.05) is 13.2 Å². The first kappa shape index (κ1) is 16.0. The molecule has 0 aromatic heterocycles. The van der Waals surface area contributed by atoms with E-state index in [1.54, 1.807) is 0 Å². The van der Waals surface area contributed by atoms with Gasteiger partial charge in [0.25, 0.3) is 0 Å². The fourth-order valence-corrected chi connectivity index (χ4v) is 3.11. The summed E-state index contributed by atoms with van der Waals surface area (Å²) in [6.07, 6.45) is 5.99. The van der Waals surface area contributed by atoms with E-state index in [2.05, 4.69) is 5.32 Å². The molecule has 0 saturated heterocycles. The number of aliphatic hydroxyl groups excluding tert-OH is 1. The fraction of sp³-hybridized carbons (Fsp3) is 0.588. The summed E-state index contributed by atoms with van der Waals surface area (Å²) < 4.78 is 0. The Hall–Kier alpha value is -1.39. The van der Waals surface area contributed by atoms with Gasteiger partial charge < -0.3 is 15.5 Å². The molecule has 4 heteroatoms. The zero-order valence-electron chi connectivity index (χ0n) is 12.5. The molecule has 1 fully saturated rings. The van der Waals surface area contributed by atoms with E-state index in [1.807, 2.05) is 24.3 Å². The van der Waals surface area contributed by atoms with Gasteiger partial charge in [-0.1, -0.05) is 43.5 Å². The van der Waals surface area contributed by atoms with Gasteiger partial charge in [-0.25, -0.2) is 0 Å². The molecule has 1 aliphatic rings. The average Bonchev–Trinajstić information content (AvgIpc) is 2.49. The number of benzene rings is 1. The predicted molar refractivity (Wildman–Crippen MR) is 82.1 cm³/mol. The van der Waals surface area contributed by atoms with E-state index in [9.17, 15) is 9.90 Å². The van der Waals surface area contributed by atoms with Gasteiger partial charge >= 0.3 is 5.97 Å². The molecular weight excluding hydrogens is 266 g/mol. The summed E-state index contributed by atoms with van der Waals surface area (Å²) in [5.41, 5.74) is 2.03. The number of hydrogen-bond acceptors (Lipinski definition) is 3. The van der Waals surface area contributed by atoms with Crippen LogP contribution in [0, 0.1) is 5.41 Å². The molecule has 1 saturated carbocycles. The van der Waals surface area contributed by atoms with Crippen molar-refractivity contribution >= 4 is 5.97 Å². The molecule has 3 N–H and O–H groups in total. The monoisotopic (exact) mass is 291 g/mol. The summed E-state index contributed by atoms with van der Waals surface area (Å²) in [5, 5.41) is 21.9. The molecule has 1 aliphatic carbocycles.